The maximum Gasteiger partial charge on any atom is 0.123 e. The molecular weight excluding hydrogens is 260 g/mol. The summed E-state index contributed by atoms with van der Waals surface area (Å²) in [5.74, 6) is 1.03. The molecule has 0 saturated heterocycles. The molecule has 0 spiro atoms. The number of hydrogen-bond acceptors (Lipinski definition) is 2. The van der Waals surface area contributed by atoms with Crippen LogP contribution in [0.1, 0.15) is 11.1 Å². The lowest BCUT2D eigenvalue weighted by Gasteiger charge is -2.13. The fraction of sp³-hybridized carbons (Fsp3) is 0.222. The van der Waals surface area contributed by atoms with Crippen molar-refractivity contribution in [3.8, 4) is 5.75 Å². The van der Waals surface area contributed by atoms with Gasteiger partial charge >= 0.3 is 0 Å². The number of aryl methyl sites for hydroxylation is 1. The van der Waals surface area contributed by atoms with Crippen molar-refractivity contribution >= 4 is 16.6 Å². The summed E-state index contributed by atoms with van der Waals surface area (Å²) >= 11 is 0. The van der Waals surface area contributed by atoms with Crippen LogP contribution < -0.4 is 10.5 Å². The molecule has 1 aromatic heterocycles. The molecule has 0 fully saturated rings. The Labute approximate surface area is 123 Å². The van der Waals surface area contributed by atoms with Crippen molar-refractivity contribution in [1.29, 1.82) is 0 Å². The zero-order valence-corrected chi connectivity index (χ0v) is 12.0. The summed E-state index contributed by atoms with van der Waals surface area (Å²) in [4.78, 5) is 0. The molecule has 106 valence electrons. The average molecular weight is 278 g/mol. The highest BCUT2D eigenvalue weighted by atomic mass is 16.5. The van der Waals surface area contributed by atoms with E-state index in [1.807, 2.05) is 12.1 Å². The van der Waals surface area contributed by atoms with Crippen LogP contribution in [-0.2, 0) is 13.0 Å². The highest BCUT2D eigenvalue weighted by molar-refractivity contribution is 5.83. The highest BCUT2D eigenvalue weighted by Crippen LogP contribution is 2.30. The van der Waals surface area contributed by atoms with E-state index >= 15 is 0 Å². The first-order valence-corrected chi connectivity index (χ1v) is 7.29. The molecule has 0 aliphatic carbocycles. The maximum absolute atomic E-state index is 6.06. The Hall–Kier alpha value is -2.42. The predicted molar refractivity (Wildman–Crippen MR) is 85.6 cm³/mol. The lowest BCUT2D eigenvalue weighted by Crippen LogP contribution is -2.20. The smallest absolute Gasteiger partial charge is 0.123 e. The quantitative estimate of drug-likeness (QED) is 0.728. The van der Waals surface area contributed by atoms with E-state index in [0.717, 1.165) is 24.4 Å². The fourth-order valence-electron chi connectivity index (χ4n) is 3.15. The number of nitrogens with zero attached hydrogens (tertiary/aromatic N) is 1. The zero-order valence-electron chi connectivity index (χ0n) is 12.0. The molecule has 1 atom stereocenters. The third-order valence-electron chi connectivity index (χ3n) is 4.15. The molecule has 3 aromatic rings. The molecule has 0 bridgehead atoms. The van der Waals surface area contributed by atoms with Crippen LogP contribution in [0, 0.1) is 6.92 Å². The van der Waals surface area contributed by atoms with Gasteiger partial charge in [0.25, 0.3) is 0 Å². The van der Waals surface area contributed by atoms with Gasteiger partial charge in [-0.15, -0.1) is 0 Å². The van der Waals surface area contributed by atoms with Gasteiger partial charge in [-0.2, -0.15) is 0 Å². The summed E-state index contributed by atoms with van der Waals surface area (Å²) < 4.78 is 8.31. The summed E-state index contributed by atoms with van der Waals surface area (Å²) in [6.07, 6.45) is 3.29. The van der Waals surface area contributed by atoms with Crippen LogP contribution in [0.3, 0.4) is 0 Å². The molecule has 2 heterocycles. The van der Waals surface area contributed by atoms with Crippen LogP contribution in [0.25, 0.3) is 10.9 Å². The molecule has 1 unspecified atom stereocenters. The topological polar surface area (TPSA) is 40.2 Å². The van der Waals surface area contributed by atoms with Gasteiger partial charge < -0.3 is 15.0 Å². The fourth-order valence-corrected chi connectivity index (χ4v) is 3.15. The first-order chi connectivity index (χ1) is 10.2. The van der Waals surface area contributed by atoms with E-state index in [4.69, 9.17) is 10.5 Å². The van der Waals surface area contributed by atoms with Crippen LogP contribution in [-0.4, -0.2) is 10.7 Å². The van der Waals surface area contributed by atoms with Gasteiger partial charge in [-0.05, 0) is 42.8 Å². The van der Waals surface area contributed by atoms with E-state index in [0.29, 0.717) is 0 Å². The maximum atomic E-state index is 6.06. The Bertz CT molecular complexity index is 819. The minimum Gasteiger partial charge on any atom is -0.488 e. The number of benzene rings is 2. The number of aromatic nitrogens is 1. The normalized spacial score (nSPS) is 16.9. The van der Waals surface area contributed by atoms with Gasteiger partial charge in [-0.25, -0.2) is 0 Å². The summed E-state index contributed by atoms with van der Waals surface area (Å²) in [6, 6.07) is 14.6. The van der Waals surface area contributed by atoms with Crippen molar-refractivity contribution in [2.24, 2.45) is 0 Å². The Morgan fingerprint density at radius 2 is 2.10 bits per heavy atom. The van der Waals surface area contributed by atoms with Gasteiger partial charge in [0.15, 0.2) is 0 Å². The Balaban J connectivity index is 1.59. The molecule has 3 nitrogen and oxygen atoms in total. The molecule has 21 heavy (non-hydrogen) atoms. The second-order valence-corrected chi connectivity index (χ2v) is 5.84. The molecule has 0 amide bonds. The van der Waals surface area contributed by atoms with Crippen molar-refractivity contribution in [1.82, 2.24) is 4.57 Å². The van der Waals surface area contributed by atoms with Crippen molar-refractivity contribution in [2.75, 3.05) is 5.73 Å². The van der Waals surface area contributed by atoms with Crippen LogP contribution in [0.2, 0.25) is 0 Å². The molecule has 0 radical (unpaired) electrons. The van der Waals surface area contributed by atoms with Crippen molar-refractivity contribution in [3.63, 3.8) is 0 Å². The number of nitrogen functional groups attached to an aromatic ring is 1. The molecule has 2 aromatic carbocycles. The number of rotatable bonds is 2. The third kappa shape index (κ3) is 2.15. The number of fused-ring (bicyclic) bond motifs is 2. The van der Waals surface area contributed by atoms with Gasteiger partial charge in [0.2, 0.25) is 0 Å². The van der Waals surface area contributed by atoms with E-state index in [1.54, 1.807) is 0 Å². The third-order valence-corrected chi connectivity index (χ3v) is 4.15. The van der Waals surface area contributed by atoms with E-state index in [2.05, 4.69) is 48.0 Å². The van der Waals surface area contributed by atoms with Crippen molar-refractivity contribution in [3.05, 3.63) is 59.8 Å². The predicted octanol–water partition coefficient (Wildman–Crippen LogP) is 3.54. The lowest BCUT2D eigenvalue weighted by atomic mass is 10.1. The van der Waals surface area contributed by atoms with E-state index in [-0.39, 0.29) is 6.10 Å². The second kappa shape index (κ2) is 4.55. The molecule has 4 rings (SSSR count). The number of anilines is 1. The summed E-state index contributed by atoms with van der Waals surface area (Å²) in [7, 11) is 0. The van der Waals surface area contributed by atoms with Crippen LogP contribution in [0.4, 0.5) is 5.69 Å². The zero-order chi connectivity index (χ0) is 14.4. The van der Waals surface area contributed by atoms with E-state index < -0.39 is 0 Å². The van der Waals surface area contributed by atoms with Crippen LogP contribution in [0.15, 0.2) is 48.7 Å². The molecule has 0 saturated carbocycles. The van der Waals surface area contributed by atoms with Gasteiger partial charge in [0, 0.05) is 29.2 Å². The second-order valence-electron chi connectivity index (χ2n) is 5.84. The number of nitrogens with two attached hydrogens (primary N) is 1. The Morgan fingerprint density at radius 3 is 3.00 bits per heavy atom. The SMILES string of the molecule is Cc1ccc2c(c1)CC(Cn1ccc3cc(N)ccc31)O2. The van der Waals surface area contributed by atoms with Crippen LogP contribution in [0.5, 0.6) is 5.75 Å². The van der Waals surface area contributed by atoms with Crippen molar-refractivity contribution < 1.29 is 4.74 Å². The highest BCUT2D eigenvalue weighted by Gasteiger charge is 2.23. The molecular formula is C18H18N2O. The monoisotopic (exact) mass is 278 g/mol. The molecule has 3 heteroatoms. The van der Waals surface area contributed by atoms with Gasteiger partial charge in [0.1, 0.15) is 11.9 Å². The molecule has 1 aliphatic heterocycles. The van der Waals surface area contributed by atoms with Gasteiger partial charge in [0.05, 0.1) is 6.54 Å². The average Bonchev–Trinajstić information content (AvgIpc) is 3.02. The van der Waals surface area contributed by atoms with Gasteiger partial charge in [-0.1, -0.05) is 17.7 Å². The summed E-state index contributed by atoms with van der Waals surface area (Å²) in [5, 5.41) is 1.18. The van der Waals surface area contributed by atoms with Crippen LogP contribution >= 0.6 is 0 Å². The first kappa shape index (κ1) is 12.3. The number of hydrogen-bond donors (Lipinski definition) is 1. The minimum atomic E-state index is 0.204. The summed E-state index contributed by atoms with van der Waals surface area (Å²) in [6.45, 7) is 2.98. The Morgan fingerprint density at radius 1 is 1.19 bits per heavy atom. The number of ether oxygens (including phenoxy) is 1. The largest absolute Gasteiger partial charge is 0.488 e. The molecule has 1 aliphatic rings. The first-order valence-electron chi connectivity index (χ1n) is 7.29. The van der Waals surface area contributed by atoms with E-state index in [9.17, 15) is 0 Å². The standard InChI is InChI=1S/C18H18N2O/c1-12-2-5-18-14(8-12)10-16(21-18)11-20-7-6-13-9-15(19)3-4-17(13)20/h2-9,16H,10-11,19H2,1H3. The van der Waals surface area contributed by atoms with Crippen molar-refractivity contribution in [2.45, 2.75) is 26.0 Å². The van der Waals surface area contributed by atoms with E-state index in [1.165, 1.54) is 22.0 Å². The van der Waals surface area contributed by atoms with Gasteiger partial charge in [-0.3, -0.25) is 0 Å². The Kier molecular flexibility index (Phi) is 2.67. The molecule has 2 N–H and O–H groups in total. The minimum absolute atomic E-state index is 0.204. The lowest BCUT2D eigenvalue weighted by molar-refractivity contribution is 0.211. The summed E-state index contributed by atoms with van der Waals surface area (Å²) in [5.41, 5.74) is 10.5.